The van der Waals surface area contributed by atoms with Gasteiger partial charge in [0.1, 0.15) is 11.6 Å². The highest BCUT2D eigenvalue weighted by molar-refractivity contribution is 5.94. The van der Waals surface area contributed by atoms with E-state index in [1.54, 1.807) is 0 Å². The molecule has 1 heterocycles. The number of aromatic nitrogens is 2. The molecule has 0 radical (unpaired) electrons. The summed E-state index contributed by atoms with van der Waals surface area (Å²) < 4.78 is 20.5. The molecule has 5 nitrogen and oxygen atoms in total. The Hall–Kier alpha value is -2.73. The zero-order chi connectivity index (χ0) is 18.4. The number of carbonyl (C=O) groups is 1. The molecule has 26 heavy (non-hydrogen) atoms. The standard InChI is InChI=1S/C20H22FN3O2/c1-2-26-14-13-24-18-6-4-3-5-17(18)23-19(24)11-12-22-20(25)15-7-9-16(21)10-8-15/h3-10H,2,11-14H2,1H3,(H,22,25). The normalized spacial score (nSPS) is 11.0. The number of imidazole rings is 1. The van der Waals surface area contributed by atoms with E-state index in [1.807, 2.05) is 31.2 Å². The fourth-order valence-electron chi connectivity index (χ4n) is 2.86. The highest BCUT2D eigenvalue weighted by Gasteiger charge is 2.11. The molecule has 3 rings (SSSR count). The molecule has 0 aliphatic heterocycles. The van der Waals surface area contributed by atoms with Gasteiger partial charge in [0.15, 0.2) is 0 Å². The van der Waals surface area contributed by atoms with Gasteiger partial charge < -0.3 is 14.6 Å². The number of carbonyl (C=O) groups excluding carboxylic acids is 1. The average molecular weight is 355 g/mol. The minimum absolute atomic E-state index is 0.220. The van der Waals surface area contributed by atoms with Crippen molar-refractivity contribution in [2.75, 3.05) is 19.8 Å². The summed E-state index contributed by atoms with van der Waals surface area (Å²) in [5, 5.41) is 2.86. The zero-order valence-corrected chi connectivity index (χ0v) is 14.7. The molecule has 0 bridgehead atoms. The molecule has 136 valence electrons. The Bertz CT molecular complexity index is 874. The van der Waals surface area contributed by atoms with Crippen molar-refractivity contribution in [3.63, 3.8) is 0 Å². The molecule has 3 aromatic rings. The van der Waals surface area contributed by atoms with Gasteiger partial charge in [-0.15, -0.1) is 0 Å². The van der Waals surface area contributed by atoms with Crippen LogP contribution in [0.2, 0.25) is 0 Å². The molecule has 0 atom stereocenters. The first kappa shape index (κ1) is 18.1. The Morgan fingerprint density at radius 2 is 1.96 bits per heavy atom. The third-order valence-electron chi connectivity index (χ3n) is 4.14. The maximum absolute atomic E-state index is 12.9. The molecule has 2 aromatic carbocycles. The highest BCUT2D eigenvalue weighted by atomic mass is 19.1. The Labute approximate surface area is 151 Å². The number of para-hydroxylation sites is 2. The molecule has 0 fully saturated rings. The number of rotatable bonds is 8. The van der Waals surface area contributed by atoms with E-state index in [1.165, 1.54) is 24.3 Å². The number of halogens is 1. The van der Waals surface area contributed by atoms with Crippen LogP contribution in [0.4, 0.5) is 4.39 Å². The van der Waals surface area contributed by atoms with Gasteiger partial charge in [0, 0.05) is 31.7 Å². The van der Waals surface area contributed by atoms with Crippen LogP contribution in [-0.2, 0) is 17.7 Å². The topological polar surface area (TPSA) is 56.1 Å². The van der Waals surface area contributed by atoms with Crippen molar-refractivity contribution in [2.24, 2.45) is 0 Å². The quantitative estimate of drug-likeness (QED) is 0.632. The van der Waals surface area contributed by atoms with Gasteiger partial charge in [0.2, 0.25) is 0 Å². The van der Waals surface area contributed by atoms with Crippen LogP contribution in [-0.4, -0.2) is 35.2 Å². The van der Waals surface area contributed by atoms with E-state index < -0.39 is 0 Å². The summed E-state index contributed by atoms with van der Waals surface area (Å²) in [5.41, 5.74) is 2.44. The number of hydrogen-bond acceptors (Lipinski definition) is 3. The number of ether oxygens (including phenoxy) is 1. The van der Waals surface area contributed by atoms with Gasteiger partial charge in [-0.25, -0.2) is 9.37 Å². The van der Waals surface area contributed by atoms with Gasteiger partial charge in [-0.1, -0.05) is 12.1 Å². The van der Waals surface area contributed by atoms with Crippen molar-refractivity contribution in [1.29, 1.82) is 0 Å². The minimum Gasteiger partial charge on any atom is -0.380 e. The number of hydrogen-bond donors (Lipinski definition) is 1. The lowest BCUT2D eigenvalue weighted by Crippen LogP contribution is -2.26. The van der Waals surface area contributed by atoms with E-state index in [2.05, 4.69) is 14.9 Å². The maximum Gasteiger partial charge on any atom is 0.251 e. The van der Waals surface area contributed by atoms with Crippen LogP contribution in [0.3, 0.4) is 0 Å². The van der Waals surface area contributed by atoms with Gasteiger partial charge in [0.05, 0.1) is 17.6 Å². The first-order valence-electron chi connectivity index (χ1n) is 8.74. The van der Waals surface area contributed by atoms with E-state index in [-0.39, 0.29) is 11.7 Å². The summed E-state index contributed by atoms with van der Waals surface area (Å²) in [6, 6.07) is 13.5. The fourth-order valence-corrected chi connectivity index (χ4v) is 2.86. The second-order valence-corrected chi connectivity index (χ2v) is 5.88. The Balaban J connectivity index is 1.66. The summed E-state index contributed by atoms with van der Waals surface area (Å²) >= 11 is 0. The first-order chi connectivity index (χ1) is 12.7. The third kappa shape index (κ3) is 4.26. The van der Waals surface area contributed by atoms with Gasteiger partial charge in [-0.05, 0) is 43.3 Å². The number of nitrogens with zero attached hydrogens (tertiary/aromatic N) is 2. The molecule has 1 aromatic heterocycles. The lowest BCUT2D eigenvalue weighted by molar-refractivity contribution is 0.0953. The molecular formula is C20H22FN3O2. The van der Waals surface area contributed by atoms with Crippen LogP contribution >= 0.6 is 0 Å². The molecule has 1 amide bonds. The van der Waals surface area contributed by atoms with Gasteiger partial charge in [-0.2, -0.15) is 0 Å². The van der Waals surface area contributed by atoms with Crippen LogP contribution in [0.5, 0.6) is 0 Å². The predicted octanol–water partition coefficient (Wildman–Crippen LogP) is 3.18. The predicted molar refractivity (Wildman–Crippen MR) is 98.7 cm³/mol. The van der Waals surface area contributed by atoms with Crippen LogP contribution in [0.25, 0.3) is 11.0 Å². The van der Waals surface area contributed by atoms with Crippen molar-refractivity contribution in [1.82, 2.24) is 14.9 Å². The van der Waals surface area contributed by atoms with Crippen molar-refractivity contribution in [3.05, 3.63) is 65.7 Å². The SMILES string of the molecule is CCOCCn1c(CCNC(=O)c2ccc(F)cc2)nc2ccccc21. The highest BCUT2D eigenvalue weighted by Crippen LogP contribution is 2.16. The Morgan fingerprint density at radius 3 is 2.73 bits per heavy atom. The van der Waals surface area contributed by atoms with E-state index in [9.17, 15) is 9.18 Å². The van der Waals surface area contributed by atoms with Crippen molar-refractivity contribution in [2.45, 2.75) is 19.9 Å². The molecule has 0 saturated carbocycles. The second kappa shape index (κ2) is 8.58. The van der Waals surface area contributed by atoms with Gasteiger partial charge in [0.25, 0.3) is 5.91 Å². The maximum atomic E-state index is 12.9. The number of fused-ring (bicyclic) bond motifs is 1. The number of nitrogens with one attached hydrogen (secondary N) is 1. The summed E-state index contributed by atoms with van der Waals surface area (Å²) in [6.07, 6.45) is 0.605. The largest absolute Gasteiger partial charge is 0.380 e. The molecule has 1 N–H and O–H groups in total. The molecular weight excluding hydrogens is 333 g/mol. The minimum atomic E-state index is -0.357. The Morgan fingerprint density at radius 1 is 1.19 bits per heavy atom. The molecule has 0 spiro atoms. The zero-order valence-electron chi connectivity index (χ0n) is 14.7. The first-order valence-corrected chi connectivity index (χ1v) is 8.74. The monoisotopic (exact) mass is 355 g/mol. The van der Waals surface area contributed by atoms with Gasteiger partial charge >= 0.3 is 0 Å². The summed E-state index contributed by atoms with van der Waals surface area (Å²) in [5.74, 6) is 0.330. The summed E-state index contributed by atoms with van der Waals surface area (Å²) in [7, 11) is 0. The van der Waals surface area contributed by atoms with Gasteiger partial charge in [-0.3, -0.25) is 4.79 Å². The molecule has 6 heteroatoms. The second-order valence-electron chi connectivity index (χ2n) is 5.88. The molecule has 0 aliphatic rings. The van der Waals surface area contributed by atoms with Crippen LogP contribution < -0.4 is 5.32 Å². The van der Waals surface area contributed by atoms with Crippen molar-refractivity contribution < 1.29 is 13.9 Å². The summed E-state index contributed by atoms with van der Waals surface area (Å²) in [4.78, 5) is 16.8. The van der Waals surface area contributed by atoms with Crippen molar-refractivity contribution in [3.8, 4) is 0 Å². The lowest BCUT2D eigenvalue weighted by Gasteiger charge is -2.10. The number of amides is 1. The van der Waals surface area contributed by atoms with Crippen LogP contribution in [0.1, 0.15) is 23.1 Å². The van der Waals surface area contributed by atoms with E-state index >= 15 is 0 Å². The average Bonchev–Trinajstić information content (AvgIpc) is 3.00. The molecule has 0 saturated heterocycles. The van der Waals surface area contributed by atoms with Crippen LogP contribution in [0.15, 0.2) is 48.5 Å². The molecule has 0 aliphatic carbocycles. The lowest BCUT2D eigenvalue weighted by atomic mass is 10.2. The van der Waals surface area contributed by atoms with Crippen molar-refractivity contribution >= 4 is 16.9 Å². The Kier molecular flexibility index (Phi) is 5.96. The summed E-state index contributed by atoms with van der Waals surface area (Å²) in [6.45, 7) is 4.43. The van der Waals surface area contributed by atoms with E-state index in [0.717, 1.165) is 23.4 Å². The van der Waals surface area contributed by atoms with E-state index in [4.69, 9.17) is 4.74 Å². The molecule has 0 unspecified atom stereocenters. The van der Waals surface area contributed by atoms with E-state index in [0.29, 0.717) is 31.7 Å². The smallest absolute Gasteiger partial charge is 0.251 e. The number of benzene rings is 2. The van der Waals surface area contributed by atoms with Crippen LogP contribution in [0, 0.1) is 5.82 Å². The fraction of sp³-hybridized carbons (Fsp3) is 0.300. The third-order valence-corrected chi connectivity index (χ3v) is 4.14.